The number of urea groups is 1. The van der Waals surface area contributed by atoms with Crippen molar-refractivity contribution in [3.05, 3.63) is 54.6 Å². The molecule has 0 aliphatic carbocycles. The third-order valence-electron chi connectivity index (χ3n) is 3.33. The molecule has 2 aromatic carbocycles. The Hall–Kier alpha value is -3.33. The normalized spacial score (nSPS) is 10.3. The van der Waals surface area contributed by atoms with Crippen molar-refractivity contribution in [2.45, 2.75) is 5.22 Å². The van der Waals surface area contributed by atoms with Crippen molar-refractivity contribution in [3.8, 4) is 17.2 Å². The van der Waals surface area contributed by atoms with Crippen molar-refractivity contribution in [2.75, 3.05) is 18.2 Å². The number of hydrogen-bond donors (Lipinski definition) is 2. The van der Waals surface area contributed by atoms with Crippen molar-refractivity contribution in [1.29, 1.82) is 0 Å². The number of anilines is 1. The van der Waals surface area contributed by atoms with E-state index in [4.69, 9.17) is 9.15 Å². The van der Waals surface area contributed by atoms with E-state index in [2.05, 4.69) is 20.8 Å². The van der Waals surface area contributed by atoms with Gasteiger partial charge in [-0.05, 0) is 24.3 Å². The summed E-state index contributed by atoms with van der Waals surface area (Å²) in [6, 6.07) is 15.5. The number of imide groups is 1. The van der Waals surface area contributed by atoms with Crippen LogP contribution < -0.4 is 15.4 Å². The zero-order valence-electron chi connectivity index (χ0n) is 14.3. The lowest BCUT2D eigenvalue weighted by atomic mass is 10.2. The lowest BCUT2D eigenvalue weighted by Gasteiger charge is -2.07. The van der Waals surface area contributed by atoms with Crippen LogP contribution in [0.5, 0.6) is 5.75 Å². The molecule has 3 aromatic rings. The maximum Gasteiger partial charge on any atom is 0.325 e. The van der Waals surface area contributed by atoms with Crippen molar-refractivity contribution in [1.82, 2.24) is 15.5 Å². The Kier molecular flexibility index (Phi) is 6.06. The maximum absolute atomic E-state index is 11.9. The average Bonchev–Trinajstić information content (AvgIpc) is 3.16. The van der Waals surface area contributed by atoms with Crippen LogP contribution in [0.25, 0.3) is 11.5 Å². The fourth-order valence-electron chi connectivity index (χ4n) is 2.12. The molecule has 9 heteroatoms. The van der Waals surface area contributed by atoms with E-state index in [1.807, 2.05) is 30.3 Å². The lowest BCUT2D eigenvalue weighted by molar-refractivity contribution is -0.117. The van der Waals surface area contributed by atoms with Crippen molar-refractivity contribution < 1.29 is 18.7 Å². The molecule has 138 valence electrons. The Balaban J connectivity index is 1.48. The predicted octanol–water partition coefficient (Wildman–Crippen LogP) is 3.19. The van der Waals surface area contributed by atoms with Crippen LogP contribution in [0.15, 0.2) is 64.2 Å². The molecule has 0 radical (unpaired) electrons. The average molecular weight is 384 g/mol. The summed E-state index contributed by atoms with van der Waals surface area (Å²) < 4.78 is 10.6. The Bertz CT molecular complexity index is 930. The Morgan fingerprint density at radius 3 is 2.70 bits per heavy atom. The SMILES string of the molecule is COc1cccc(NC(=O)NC(=O)CSc2nnc(-c3ccccc3)o2)c1. The van der Waals surface area contributed by atoms with Crippen LogP contribution >= 0.6 is 11.8 Å². The van der Waals surface area contributed by atoms with Crippen molar-refractivity contribution in [3.63, 3.8) is 0 Å². The predicted molar refractivity (Wildman–Crippen MR) is 101 cm³/mol. The molecule has 0 saturated carbocycles. The number of rotatable bonds is 6. The number of nitrogens with one attached hydrogen (secondary N) is 2. The highest BCUT2D eigenvalue weighted by atomic mass is 32.2. The summed E-state index contributed by atoms with van der Waals surface area (Å²) in [5, 5.41) is 12.9. The number of carbonyl (C=O) groups excluding carboxylic acids is 2. The van der Waals surface area contributed by atoms with Gasteiger partial charge < -0.3 is 14.5 Å². The number of nitrogens with zero attached hydrogens (tertiary/aromatic N) is 2. The number of aromatic nitrogens is 2. The molecule has 0 bridgehead atoms. The van der Waals surface area contributed by atoms with Gasteiger partial charge >= 0.3 is 6.03 Å². The van der Waals surface area contributed by atoms with E-state index in [0.29, 0.717) is 17.3 Å². The van der Waals surface area contributed by atoms with Crippen LogP contribution in [0, 0.1) is 0 Å². The fourth-order valence-corrected chi connectivity index (χ4v) is 2.68. The molecule has 0 aliphatic rings. The summed E-state index contributed by atoms with van der Waals surface area (Å²) >= 11 is 1.05. The van der Waals surface area contributed by atoms with E-state index in [-0.39, 0.29) is 11.0 Å². The number of benzene rings is 2. The van der Waals surface area contributed by atoms with E-state index < -0.39 is 11.9 Å². The van der Waals surface area contributed by atoms with Crippen LogP contribution in [0.3, 0.4) is 0 Å². The van der Waals surface area contributed by atoms with Gasteiger partial charge in [0.1, 0.15) is 5.75 Å². The summed E-state index contributed by atoms with van der Waals surface area (Å²) in [6.45, 7) is 0. The summed E-state index contributed by atoms with van der Waals surface area (Å²) in [7, 11) is 1.53. The zero-order valence-corrected chi connectivity index (χ0v) is 15.2. The van der Waals surface area contributed by atoms with Crippen LogP contribution in [0.1, 0.15) is 0 Å². The first-order valence-electron chi connectivity index (χ1n) is 7.90. The molecule has 1 aromatic heterocycles. The van der Waals surface area contributed by atoms with Gasteiger partial charge in [0.05, 0.1) is 12.9 Å². The molecule has 0 aliphatic heterocycles. The van der Waals surface area contributed by atoms with E-state index in [9.17, 15) is 9.59 Å². The topological polar surface area (TPSA) is 106 Å². The van der Waals surface area contributed by atoms with Gasteiger partial charge in [-0.2, -0.15) is 0 Å². The Morgan fingerprint density at radius 2 is 1.93 bits per heavy atom. The second-order valence-electron chi connectivity index (χ2n) is 5.26. The largest absolute Gasteiger partial charge is 0.497 e. The smallest absolute Gasteiger partial charge is 0.325 e. The first-order valence-corrected chi connectivity index (χ1v) is 8.89. The quantitative estimate of drug-likeness (QED) is 0.629. The van der Waals surface area contributed by atoms with E-state index in [1.54, 1.807) is 24.3 Å². The summed E-state index contributed by atoms with van der Waals surface area (Å²) in [5.74, 6) is 0.441. The van der Waals surface area contributed by atoms with Gasteiger partial charge in [0.15, 0.2) is 0 Å². The Morgan fingerprint density at radius 1 is 1.11 bits per heavy atom. The van der Waals surface area contributed by atoms with Gasteiger partial charge in [-0.15, -0.1) is 10.2 Å². The summed E-state index contributed by atoms with van der Waals surface area (Å²) in [5.41, 5.74) is 1.30. The molecule has 1 heterocycles. The molecule has 2 N–H and O–H groups in total. The number of methoxy groups -OCH3 is 1. The highest BCUT2D eigenvalue weighted by Crippen LogP contribution is 2.22. The monoisotopic (exact) mass is 384 g/mol. The first kappa shape index (κ1) is 18.5. The molecule has 3 amide bonds. The molecule has 0 atom stereocenters. The van der Waals surface area contributed by atoms with E-state index in [1.165, 1.54) is 7.11 Å². The van der Waals surface area contributed by atoms with Gasteiger partial charge in [0, 0.05) is 17.3 Å². The van der Waals surface area contributed by atoms with Crippen LogP contribution in [0.4, 0.5) is 10.5 Å². The number of ether oxygens (including phenoxy) is 1. The number of hydrogen-bond acceptors (Lipinski definition) is 7. The van der Waals surface area contributed by atoms with Crippen LogP contribution in [0.2, 0.25) is 0 Å². The third kappa shape index (κ3) is 5.32. The van der Waals surface area contributed by atoms with Gasteiger partial charge in [-0.1, -0.05) is 36.0 Å². The molecule has 0 spiro atoms. The summed E-state index contributed by atoms with van der Waals surface area (Å²) in [4.78, 5) is 23.8. The van der Waals surface area contributed by atoms with Crippen molar-refractivity contribution in [2.24, 2.45) is 0 Å². The Labute approximate surface area is 159 Å². The number of carbonyl (C=O) groups is 2. The molecule has 0 unspecified atom stereocenters. The zero-order chi connectivity index (χ0) is 19.1. The minimum Gasteiger partial charge on any atom is -0.497 e. The molecule has 0 saturated heterocycles. The molecule has 8 nitrogen and oxygen atoms in total. The van der Waals surface area contributed by atoms with Crippen LogP contribution in [-0.4, -0.2) is 35.0 Å². The fraction of sp³-hybridized carbons (Fsp3) is 0.111. The second-order valence-corrected chi connectivity index (χ2v) is 6.19. The minimum absolute atomic E-state index is 0.0397. The first-order chi connectivity index (χ1) is 13.1. The highest BCUT2D eigenvalue weighted by Gasteiger charge is 2.13. The van der Waals surface area contributed by atoms with Crippen molar-refractivity contribution >= 4 is 29.4 Å². The van der Waals surface area contributed by atoms with Gasteiger partial charge in [-0.25, -0.2) is 4.79 Å². The molecular weight excluding hydrogens is 368 g/mol. The maximum atomic E-state index is 11.9. The standard InChI is InChI=1S/C18H16N4O4S/c1-25-14-9-5-8-13(10-14)19-17(24)20-15(23)11-27-18-22-21-16(26-18)12-6-3-2-4-7-12/h2-10H,11H2,1H3,(H2,19,20,23,24). The molecule has 3 rings (SSSR count). The molecule has 0 fully saturated rings. The molecule has 27 heavy (non-hydrogen) atoms. The lowest BCUT2D eigenvalue weighted by Crippen LogP contribution is -2.35. The summed E-state index contributed by atoms with van der Waals surface area (Å²) in [6.07, 6.45) is 0. The van der Waals surface area contributed by atoms with Gasteiger partial charge in [-0.3, -0.25) is 10.1 Å². The van der Waals surface area contributed by atoms with E-state index in [0.717, 1.165) is 17.3 Å². The van der Waals surface area contributed by atoms with Crippen LogP contribution in [-0.2, 0) is 4.79 Å². The van der Waals surface area contributed by atoms with Gasteiger partial charge in [0.25, 0.3) is 5.22 Å². The number of amides is 3. The number of thioether (sulfide) groups is 1. The third-order valence-corrected chi connectivity index (χ3v) is 4.15. The minimum atomic E-state index is -0.635. The highest BCUT2D eigenvalue weighted by molar-refractivity contribution is 7.99. The molecular formula is C18H16N4O4S. The van der Waals surface area contributed by atoms with Gasteiger partial charge in [0.2, 0.25) is 11.8 Å². The second kappa shape index (κ2) is 8.86. The van der Waals surface area contributed by atoms with E-state index >= 15 is 0 Å².